The van der Waals surface area contributed by atoms with Crippen molar-refractivity contribution in [2.24, 2.45) is 0 Å². The van der Waals surface area contributed by atoms with E-state index in [1.165, 1.54) is 154 Å². The molecule has 0 aliphatic carbocycles. The molecular weight excluding hydrogens is 406 g/mol. The highest BCUT2D eigenvalue weighted by Gasteiger charge is 2.01. The van der Waals surface area contributed by atoms with E-state index in [0.29, 0.717) is 13.2 Å². The lowest BCUT2D eigenvalue weighted by Crippen LogP contribution is -2.30. The summed E-state index contributed by atoms with van der Waals surface area (Å²) in [6.07, 6.45) is 34.0. The Balaban J connectivity index is 3.03. The van der Waals surface area contributed by atoms with Gasteiger partial charge in [-0.3, -0.25) is 0 Å². The summed E-state index contributed by atoms with van der Waals surface area (Å²) in [5.41, 5.74) is 0. The van der Waals surface area contributed by atoms with Crippen molar-refractivity contribution in [3.05, 3.63) is 0 Å². The number of aliphatic hydroxyl groups is 1. The molecule has 0 amide bonds. The van der Waals surface area contributed by atoms with Crippen molar-refractivity contribution in [3.8, 4) is 0 Å². The zero-order chi connectivity index (χ0) is 24.1. The van der Waals surface area contributed by atoms with Crippen LogP contribution in [0.5, 0.6) is 0 Å². The second-order valence-corrected chi connectivity index (χ2v) is 10.4. The van der Waals surface area contributed by atoms with Crippen LogP contribution in [0.2, 0.25) is 0 Å². The zero-order valence-corrected chi connectivity index (χ0v) is 23.0. The SMILES string of the molecule is CCCCCCCCCCCCCCCCCCCCCCCCCCNCC(O)COC. The number of aliphatic hydroxyl groups excluding tert-OH is 1. The maximum absolute atomic E-state index is 9.55. The highest BCUT2D eigenvalue weighted by molar-refractivity contribution is 4.58. The molecular formula is C30H63NO2. The van der Waals surface area contributed by atoms with Gasteiger partial charge in [0.25, 0.3) is 0 Å². The predicted octanol–water partition coefficient (Wildman–Crippen LogP) is 8.97. The lowest BCUT2D eigenvalue weighted by atomic mass is 10.0. The topological polar surface area (TPSA) is 41.5 Å². The van der Waals surface area contributed by atoms with Gasteiger partial charge in [-0.25, -0.2) is 0 Å². The molecule has 0 heterocycles. The average Bonchev–Trinajstić information content (AvgIpc) is 2.81. The van der Waals surface area contributed by atoms with Crippen LogP contribution in [-0.2, 0) is 4.74 Å². The van der Waals surface area contributed by atoms with E-state index in [2.05, 4.69) is 12.2 Å². The molecule has 2 N–H and O–H groups in total. The van der Waals surface area contributed by atoms with Gasteiger partial charge >= 0.3 is 0 Å². The van der Waals surface area contributed by atoms with Gasteiger partial charge in [-0.15, -0.1) is 0 Å². The number of hydrogen-bond donors (Lipinski definition) is 2. The Morgan fingerprint density at radius 2 is 0.818 bits per heavy atom. The molecule has 3 heteroatoms. The lowest BCUT2D eigenvalue weighted by Gasteiger charge is -2.10. The molecule has 0 saturated carbocycles. The minimum Gasteiger partial charge on any atom is -0.389 e. The fraction of sp³-hybridized carbons (Fsp3) is 1.00. The number of methoxy groups -OCH3 is 1. The minimum absolute atomic E-state index is 0.371. The molecule has 0 spiro atoms. The molecule has 0 aliphatic heterocycles. The third-order valence-corrected chi connectivity index (χ3v) is 6.95. The summed E-state index contributed by atoms with van der Waals surface area (Å²) in [6.45, 7) is 4.38. The van der Waals surface area contributed by atoms with E-state index in [9.17, 15) is 5.11 Å². The van der Waals surface area contributed by atoms with Crippen molar-refractivity contribution in [1.82, 2.24) is 5.32 Å². The number of hydrogen-bond acceptors (Lipinski definition) is 3. The van der Waals surface area contributed by atoms with Crippen molar-refractivity contribution in [2.75, 3.05) is 26.8 Å². The molecule has 0 rings (SSSR count). The van der Waals surface area contributed by atoms with Gasteiger partial charge in [0, 0.05) is 13.7 Å². The highest BCUT2D eigenvalue weighted by atomic mass is 16.5. The Kier molecular flexibility index (Phi) is 29.8. The van der Waals surface area contributed by atoms with Gasteiger partial charge in [-0.05, 0) is 13.0 Å². The first-order valence-corrected chi connectivity index (χ1v) is 15.2. The van der Waals surface area contributed by atoms with Gasteiger partial charge < -0.3 is 15.2 Å². The van der Waals surface area contributed by atoms with Crippen LogP contribution >= 0.6 is 0 Å². The fourth-order valence-corrected chi connectivity index (χ4v) is 4.73. The van der Waals surface area contributed by atoms with Gasteiger partial charge in [0.1, 0.15) is 0 Å². The molecule has 0 aromatic heterocycles. The summed E-state index contributed by atoms with van der Waals surface area (Å²) in [5.74, 6) is 0. The molecule has 0 aromatic carbocycles. The van der Waals surface area contributed by atoms with Crippen molar-refractivity contribution in [3.63, 3.8) is 0 Å². The van der Waals surface area contributed by atoms with Crippen LogP contribution in [0.15, 0.2) is 0 Å². The Morgan fingerprint density at radius 3 is 1.12 bits per heavy atom. The average molecular weight is 470 g/mol. The van der Waals surface area contributed by atoms with E-state index in [1.807, 2.05) is 0 Å². The number of unbranched alkanes of at least 4 members (excludes halogenated alkanes) is 23. The van der Waals surface area contributed by atoms with E-state index >= 15 is 0 Å². The fourth-order valence-electron chi connectivity index (χ4n) is 4.73. The first-order valence-electron chi connectivity index (χ1n) is 15.2. The van der Waals surface area contributed by atoms with Crippen LogP contribution in [-0.4, -0.2) is 38.0 Å². The molecule has 0 fully saturated rings. The van der Waals surface area contributed by atoms with Gasteiger partial charge in [-0.2, -0.15) is 0 Å². The van der Waals surface area contributed by atoms with Gasteiger partial charge in [0.2, 0.25) is 0 Å². The summed E-state index contributed by atoms with van der Waals surface area (Å²) in [6, 6.07) is 0. The number of ether oxygens (including phenoxy) is 1. The monoisotopic (exact) mass is 469 g/mol. The Hall–Kier alpha value is -0.120. The normalized spacial score (nSPS) is 12.5. The van der Waals surface area contributed by atoms with Crippen molar-refractivity contribution < 1.29 is 9.84 Å². The van der Waals surface area contributed by atoms with Crippen LogP contribution in [0, 0.1) is 0 Å². The third-order valence-electron chi connectivity index (χ3n) is 6.95. The van der Waals surface area contributed by atoms with Crippen LogP contribution in [0.4, 0.5) is 0 Å². The second-order valence-electron chi connectivity index (χ2n) is 10.4. The molecule has 0 bridgehead atoms. The van der Waals surface area contributed by atoms with E-state index in [0.717, 1.165) is 6.54 Å². The molecule has 200 valence electrons. The molecule has 0 radical (unpaired) electrons. The molecule has 1 unspecified atom stereocenters. The number of rotatable bonds is 29. The Morgan fingerprint density at radius 1 is 0.515 bits per heavy atom. The maximum atomic E-state index is 9.55. The standard InChI is InChI=1S/C30H63NO2/c1-3-4-5-6-7-8-9-10-11-12-13-14-15-16-17-18-19-20-21-22-23-24-25-26-27-31-28-30(32)29-33-2/h30-32H,3-29H2,1-2H3. The maximum Gasteiger partial charge on any atom is 0.0897 e. The molecule has 0 saturated heterocycles. The van der Waals surface area contributed by atoms with Crippen molar-refractivity contribution >= 4 is 0 Å². The smallest absolute Gasteiger partial charge is 0.0897 e. The van der Waals surface area contributed by atoms with E-state index < -0.39 is 0 Å². The van der Waals surface area contributed by atoms with Crippen LogP contribution < -0.4 is 5.32 Å². The summed E-state index contributed by atoms with van der Waals surface area (Å²) in [4.78, 5) is 0. The molecule has 3 nitrogen and oxygen atoms in total. The first kappa shape index (κ1) is 32.9. The summed E-state index contributed by atoms with van der Waals surface area (Å²) >= 11 is 0. The van der Waals surface area contributed by atoms with E-state index in [-0.39, 0.29) is 6.10 Å². The first-order chi connectivity index (χ1) is 16.3. The van der Waals surface area contributed by atoms with Crippen LogP contribution in [0.1, 0.15) is 161 Å². The summed E-state index contributed by atoms with van der Waals surface area (Å²) in [7, 11) is 1.63. The molecule has 33 heavy (non-hydrogen) atoms. The predicted molar refractivity (Wildman–Crippen MR) is 147 cm³/mol. The quantitative estimate of drug-likeness (QED) is 0.107. The molecule has 0 aliphatic rings. The van der Waals surface area contributed by atoms with E-state index in [4.69, 9.17) is 4.74 Å². The van der Waals surface area contributed by atoms with Crippen LogP contribution in [0.3, 0.4) is 0 Å². The van der Waals surface area contributed by atoms with Crippen molar-refractivity contribution in [1.29, 1.82) is 0 Å². The minimum atomic E-state index is -0.371. The molecule has 1 atom stereocenters. The van der Waals surface area contributed by atoms with E-state index in [1.54, 1.807) is 7.11 Å². The Bertz CT molecular complexity index is 337. The zero-order valence-electron chi connectivity index (χ0n) is 23.0. The van der Waals surface area contributed by atoms with Crippen molar-refractivity contribution in [2.45, 2.75) is 167 Å². The summed E-state index contributed by atoms with van der Waals surface area (Å²) in [5, 5.41) is 12.9. The van der Waals surface area contributed by atoms with Crippen LogP contribution in [0.25, 0.3) is 0 Å². The second kappa shape index (κ2) is 29.9. The number of nitrogens with one attached hydrogen (secondary N) is 1. The largest absolute Gasteiger partial charge is 0.389 e. The van der Waals surface area contributed by atoms with Gasteiger partial charge in [0.15, 0.2) is 0 Å². The summed E-state index contributed by atoms with van der Waals surface area (Å²) < 4.78 is 4.92. The molecule has 0 aromatic rings. The lowest BCUT2D eigenvalue weighted by molar-refractivity contribution is 0.0646. The van der Waals surface area contributed by atoms with Gasteiger partial charge in [0.05, 0.1) is 12.7 Å². The Labute approximate surface area is 209 Å². The highest BCUT2D eigenvalue weighted by Crippen LogP contribution is 2.15. The third kappa shape index (κ3) is 29.8. The van der Waals surface area contributed by atoms with Gasteiger partial charge in [-0.1, -0.05) is 155 Å².